The molecule has 2 N–H and O–H groups in total. The first-order chi connectivity index (χ1) is 16.1. The highest BCUT2D eigenvalue weighted by Gasteiger charge is 2.78. The molecule has 4 rings (SSSR count). The molecule has 0 saturated carbocycles. The van der Waals surface area contributed by atoms with E-state index in [0.717, 1.165) is 16.8 Å². The average Bonchev–Trinajstić information content (AvgIpc) is 3.35. The van der Waals surface area contributed by atoms with Gasteiger partial charge in [-0.2, -0.15) is 0 Å². The number of carbonyl (C=O) groups excluding carboxylic acids is 2. The summed E-state index contributed by atoms with van der Waals surface area (Å²) in [6, 6.07) is 4.44. The van der Waals surface area contributed by atoms with E-state index >= 15 is 0 Å². The summed E-state index contributed by atoms with van der Waals surface area (Å²) < 4.78 is -1.43. The number of carbonyl (C=O) groups is 3. The van der Waals surface area contributed by atoms with E-state index in [1.165, 1.54) is 16.7 Å². The van der Waals surface area contributed by atoms with Gasteiger partial charge in [0.25, 0.3) is 5.91 Å². The summed E-state index contributed by atoms with van der Waals surface area (Å²) in [6.45, 7) is 11.5. The van der Waals surface area contributed by atoms with Crippen LogP contribution in [0.2, 0.25) is 0 Å². The summed E-state index contributed by atoms with van der Waals surface area (Å²) in [5, 5.41) is 20.3. The summed E-state index contributed by atoms with van der Waals surface area (Å²) in [7, 11) is 0. The fourth-order valence-electron chi connectivity index (χ4n) is 6.63. The number of carboxylic acids is 1. The molecule has 0 radical (unpaired) electrons. The van der Waals surface area contributed by atoms with Crippen molar-refractivity contribution in [2.75, 3.05) is 18.1 Å². The molecule has 1 aromatic rings. The lowest BCUT2D eigenvalue weighted by molar-refractivity contribution is -0.150. The van der Waals surface area contributed by atoms with Gasteiger partial charge in [0.05, 0.1) is 29.2 Å². The molecule has 3 aliphatic heterocycles. The van der Waals surface area contributed by atoms with E-state index in [0.29, 0.717) is 19.3 Å². The van der Waals surface area contributed by atoms with Gasteiger partial charge in [0.2, 0.25) is 5.91 Å². The van der Waals surface area contributed by atoms with E-state index in [2.05, 4.69) is 6.58 Å². The van der Waals surface area contributed by atoms with Gasteiger partial charge in [-0.3, -0.25) is 14.4 Å². The quantitative estimate of drug-likeness (QED) is 0.548. The van der Waals surface area contributed by atoms with Gasteiger partial charge in [-0.25, -0.2) is 0 Å². The largest absolute Gasteiger partial charge is 0.481 e. The van der Waals surface area contributed by atoms with Gasteiger partial charge in [-0.1, -0.05) is 31.2 Å². The molecule has 3 aliphatic rings. The maximum atomic E-state index is 14.5. The van der Waals surface area contributed by atoms with Crippen LogP contribution in [0.1, 0.15) is 44.2 Å². The van der Waals surface area contributed by atoms with Crippen LogP contribution in [0.5, 0.6) is 0 Å². The number of anilines is 1. The maximum absolute atomic E-state index is 14.5. The molecule has 1 spiro atoms. The van der Waals surface area contributed by atoms with Gasteiger partial charge < -0.3 is 20.0 Å². The molecule has 0 aromatic heterocycles. The van der Waals surface area contributed by atoms with E-state index in [9.17, 15) is 24.6 Å². The van der Waals surface area contributed by atoms with E-state index in [1.54, 1.807) is 11.0 Å². The lowest BCUT2D eigenvalue weighted by atomic mass is 9.66. The van der Waals surface area contributed by atoms with Gasteiger partial charge in [0, 0.05) is 17.0 Å². The number of thioether (sulfide) groups is 1. The van der Waals surface area contributed by atoms with Crippen molar-refractivity contribution in [3.8, 4) is 0 Å². The smallest absolute Gasteiger partial charge is 0.308 e. The van der Waals surface area contributed by atoms with Gasteiger partial charge in [-0.05, 0) is 51.2 Å². The predicted molar refractivity (Wildman–Crippen MR) is 133 cm³/mol. The van der Waals surface area contributed by atoms with E-state index in [4.69, 9.17) is 0 Å². The van der Waals surface area contributed by atoms with Crippen molar-refractivity contribution in [1.29, 1.82) is 0 Å². The highest BCUT2D eigenvalue weighted by Crippen LogP contribution is 2.71. The number of rotatable bonds is 8. The monoisotopic (exact) mass is 486 g/mol. The Labute approximate surface area is 205 Å². The molecule has 6 atom stereocenters. The molecule has 8 heteroatoms. The molecule has 2 amide bonds. The van der Waals surface area contributed by atoms with Gasteiger partial charge in [-0.15, -0.1) is 18.3 Å². The number of aliphatic hydroxyl groups is 1. The first-order valence-corrected chi connectivity index (χ1v) is 12.7. The third-order valence-corrected chi connectivity index (χ3v) is 10.1. The van der Waals surface area contributed by atoms with E-state index < -0.39 is 39.4 Å². The number of para-hydroxylation sites is 1. The van der Waals surface area contributed by atoms with Crippen LogP contribution >= 0.6 is 11.8 Å². The van der Waals surface area contributed by atoms with Crippen molar-refractivity contribution in [1.82, 2.24) is 4.90 Å². The Morgan fingerprint density at radius 2 is 1.97 bits per heavy atom. The molecule has 0 aliphatic carbocycles. The zero-order valence-electron chi connectivity index (χ0n) is 20.3. The first kappa shape index (κ1) is 24.8. The Hall–Kier alpha value is -2.32. The van der Waals surface area contributed by atoms with Crippen LogP contribution < -0.4 is 4.90 Å². The fourth-order valence-corrected chi connectivity index (χ4v) is 8.96. The van der Waals surface area contributed by atoms with Crippen LogP contribution in [-0.4, -0.2) is 67.6 Å². The second kappa shape index (κ2) is 8.72. The minimum atomic E-state index is -0.988. The molecule has 2 bridgehead atoms. The van der Waals surface area contributed by atoms with E-state index in [-0.39, 0.29) is 25.0 Å². The Morgan fingerprint density at radius 3 is 2.50 bits per heavy atom. The fraction of sp³-hybridized carbons (Fsp3) is 0.577. The highest BCUT2D eigenvalue weighted by molar-refractivity contribution is 8.02. The zero-order chi connectivity index (χ0) is 25.0. The van der Waals surface area contributed by atoms with Crippen LogP contribution in [0.3, 0.4) is 0 Å². The standard InChI is InChI=1S/C26H34N2O5S/c1-6-13-27(20-15(3)9-8-10-16(20)4)23(31)21-26-12-11-25(5,34-26)19(24(32)33)18(26)22(30)28(21)17(7-2)14-29/h6,8-10,17-19,21,29H,1,7,11-14H2,2-5H3,(H,32,33)/t17-,18-,19+,21?,25-,26?/m0/s1. The number of benzene rings is 1. The van der Waals surface area contributed by atoms with Crippen molar-refractivity contribution in [2.24, 2.45) is 11.8 Å². The molecule has 3 fully saturated rings. The second-order valence-electron chi connectivity index (χ2n) is 10.0. The van der Waals surface area contributed by atoms with Gasteiger partial charge in [0.15, 0.2) is 0 Å². The number of aliphatic hydroxyl groups excluding tert-OH is 1. The number of aryl methyl sites for hydroxylation is 2. The number of nitrogens with zero attached hydrogens (tertiary/aromatic N) is 2. The number of likely N-dealkylation sites (tertiary alicyclic amines) is 1. The van der Waals surface area contributed by atoms with Crippen molar-refractivity contribution in [3.05, 3.63) is 42.0 Å². The Bertz CT molecular complexity index is 1020. The predicted octanol–water partition coefficient (Wildman–Crippen LogP) is 3.16. The third kappa shape index (κ3) is 3.33. The number of amides is 2. The maximum Gasteiger partial charge on any atom is 0.308 e. The Morgan fingerprint density at radius 1 is 1.32 bits per heavy atom. The summed E-state index contributed by atoms with van der Waals surface area (Å²) >= 11 is 1.51. The lowest BCUT2D eigenvalue weighted by Gasteiger charge is -2.40. The van der Waals surface area contributed by atoms with Crippen molar-refractivity contribution in [2.45, 2.75) is 68.5 Å². The molecular weight excluding hydrogens is 452 g/mol. The number of hydrogen-bond donors (Lipinski definition) is 2. The molecule has 184 valence electrons. The van der Waals surface area contributed by atoms with Gasteiger partial charge >= 0.3 is 5.97 Å². The molecule has 7 nitrogen and oxygen atoms in total. The third-order valence-electron chi connectivity index (χ3n) is 8.08. The first-order valence-electron chi connectivity index (χ1n) is 11.9. The number of carboxylic acid groups (broad SMARTS) is 1. The van der Waals surface area contributed by atoms with Crippen LogP contribution in [-0.2, 0) is 14.4 Å². The average molecular weight is 487 g/mol. The SMILES string of the molecule is C=CCN(C(=O)C1N([C@@H](CC)CO)C(=O)[C@@H]2[C@H](C(=O)O)[C@]3(C)CCC12S3)c1c(C)cccc1C. The molecule has 3 heterocycles. The highest BCUT2D eigenvalue weighted by atomic mass is 32.2. The topological polar surface area (TPSA) is 98.2 Å². The second-order valence-corrected chi connectivity index (χ2v) is 11.9. The number of aliphatic carboxylic acids is 1. The molecule has 3 saturated heterocycles. The lowest BCUT2D eigenvalue weighted by Crippen LogP contribution is -2.57. The molecule has 1 aromatic carbocycles. The minimum Gasteiger partial charge on any atom is -0.481 e. The Balaban J connectivity index is 1.89. The van der Waals surface area contributed by atoms with Crippen LogP contribution in [0.15, 0.2) is 30.9 Å². The number of hydrogen-bond acceptors (Lipinski definition) is 5. The summed E-state index contributed by atoms with van der Waals surface area (Å²) in [6.07, 6.45) is 3.37. The normalized spacial score (nSPS) is 32.6. The molecule has 2 unspecified atom stereocenters. The van der Waals surface area contributed by atoms with Gasteiger partial charge in [0.1, 0.15) is 6.04 Å². The Kier molecular flexibility index (Phi) is 6.36. The summed E-state index contributed by atoms with van der Waals surface area (Å²) in [4.78, 5) is 44.0. The van der Waals surface area contributed by atoms with Crippen LogP contribution in [0.4, 0.5) is 5.69 Å². The zero-order valence-corrected chi connectivity index (χ0v) is 21.1. The van der Waals surface area contributed by atoms with Crippen LogP contribution in [0, 0.1) is 25.7 Å². The number of fused-ring (bicyclic) bond motifs is 1. The van der Waals surface area contributed by atoms with Crippen molar-refractivity contribution >= 4 is 35.2 Å². The molecular formula is C26H34N2O5S. The van der Waals surface area contributed by atoms with Crippen molar-refractivity contribution in [3.63, 3.8) is 0 Å². The van der Waals surface area contributed by atoms with Crippen molar-refractivity contribution < 1.29 is 24.6 Å². The van der Waals surface area contributed by atoms with E-state index in [1.807, 2.05) is 45.9 Å². The minimum absolute atomic E-state index is 0.233. The summed E-state index contributed by atoms with van der Waals surface area (Å²) in [5.74, 6) is -3.18. The van der Waals surface area contributed by atoms with Crippen LogP contribution in [0.25, 0.3) is 0 Å². The summed E-state index contributed by atoms with van der Waals surface area (Å²) in [5.41, 5.74) is 2.66. The molecule has 34 heavy (non-hydrogen) atoms.